The van der Waals surface area contributed by atoms with Gasteiger partial charge in [0.1, 0.15) is 5.75 Å². The Bertz CT molecular complexity index is 291. The maximum atomic E-state index is 5.62. The summed E-state index contributed by atoms with van der Waals surface area (Å²) in [4.78, 5) is 0. The second-order valence-corrected chi connectivity index (χ2v) is 6.01. The predicted octanol–water partition coefficient (Wildman–Crippen LogP) is 5.14. The van der Waals surface area contributed by atoms with E-state index in [1.807, 2.05) is 12.1 Å². The summed E-state index contributed by atoms with van der Waals surface area (Å²) in [5, 5.41) is 0.957. The molecular weight excluding hydrogens is 444 g/mol. The van der Waals surface area contributed by atoms with Crippen molar-refractivity contribution in [2.75, 3.05) is 11.9 Å². The minimum absolute atomic E-state index is 0.712. The number of benzene rings is 1. The van der Waals surface area contributed by atoms with Crippen LogP contribution in [0.1, 0.15) is 6.42 Å². The van der Waals surface area contributed by atoms with E-state index in [-0.39, 0.29) is 0 Å². The summed E-state index contributed by atoms with van der Waals surface area (Å²) in [5.74, 6) is 0.856. The van der Waals surface area contributed by atoms with Crippen molar-refractivity contribution in [3.63, 3.8) is 0 Å². The average molecular weight is 452 g/mol. The molecule has 5 heteroatoms. The lowest BCUT2D eigenvalue weighted by atomic mass is 10.3. The summed E-state index contributed by atoms with van der Waals surface area (Å²) in [6.07, 6.45) is 0.995. The van der Waals surface area contributed by atoms with E-state index in [0.717, 1.165) is 30.9 Å². The van der Waals surface area contributed by atoms with Crippen molar-refractivity contribution in [2.45, 2.75) is 6.42 Å². The van der Waals surface area contributed by atoms with E-state index in [2.05, 4.69) is 63.7 Å². The van der Waals surface area contributed by atoms with Crippen molar-refractivity contribution in [2.24, 2.45) is 0 Å². The average Bonchev–Trinajstić information content (AvgIpc) is 2.09. The zero-order chi connectivity index (χ0) is 10.6. The van der Waals surface area contributed by atoms with Gasteiger partial charge in [0.25, 0.3) is 0 Å². The molecule has 0 radical (unpaired) electrons. The first-order chi connectivity index (χ1) is 6.65. The zero-order valence-corrected chi connectivity index (χ0v) is 13.5. The topological polar surface area (TPSA) is 9.23 Å². The van der Waals surface area contributed by atoms with E-state index < -0.39 is 0 Å². The van der Waals surface area contributed by atoms with Crippen LogP contribution in [0.4, 0.5) is 0 Å². The van der Waals surface area contributed by atoms with Crippen LogP contribution in [0, 0.1) is 0 Å². The van der Waals surface area contributed by atoms with Crippen LogP contribution in [0.3, 0.4) is 0 Å². The highest BCUT2D eigenvalue weighted by Crippen LogP contribution is 2.36. The van der Waals surface area contributed by atoms with E-state index in [0.29, 0.717) is 6.61 Å². The second-order valence-electron chi connectivity index (χ2n) is 2.59. The molecule has 0 bridgehead atoms. The maximum absolute atomic E-state index is 5.62. The van der Waals surface area contributed by atoms with E-state index >= 15 is 0 Å². The summed E-state index contributed by atoms with van der Waals surface area (Å²) in [5.41, 5.74) is 0. The molecule has 1 aromatic carbocycles. The number of alkyl halides is 1. The largest absolute Gasteiger partial charge is 0.491 e. The standard InChI is InChI=1S/C9H8Br4O/c10-2-1-3-14-9-7(12)4-6(11)5-8(9)13/h4-5H,1-3H2. The molecule has 0 saturated heterocycles. The number of halogens is 4. The first kappa shape index (κ1) is 13.0. The van der Waals surface area contributed by atoms with Gasteiger partial charge in [-0.3, -0.25) is 0 Å². The van der Waals surface area contributed by atoms with Crippen LogP contribution in [-0.4, -0.2) is 11.9 Å². The zero-order valence-electron chi connectivity index (χ0n) is 7.20. The third-order valence-electron chi connectivity index (χ3n) is 1.49. The van der Waals surface area contributed by atoms with E-state index in [1.54, 1.807) is 0 Å². The molecule has 0 aliphatic carbocycles. The van der Waals surface area contributed by atoms with Crippen LogP contribution in [-0.2, 0) is 0 Å². The summed E-state index contributed by atoms with van der Waals surface area (Å²) in [6, 6.07) is 3.93. The van der Waals surface area contributed by atoms with Gasteiger partial charge in [-0.05, 0) is 50.4 Å². The minimum Gasteiger partial charge on any atom is -0.491 e. The number of rotatable bonds is 4. The van der Waals surface area contributed by atoms with Crippen molar-refractivity contribution in [1.29, 1.82) is 0 Å². The van der Waals surface area contributed by atoms with Gasteiger partial charge >= 0.3 is 0 Å². The number of hydrogen-bond donors (Lipinski definition) is 0. The Labute approximate surface area is 117 Å². The van der Waals surface area contributed by atoms with E-state index in [9.17, 15) is 0 Å². The number of ether oxygens (including phenoxy) is 1. The van der Waals surface area contributed by atoms with Crippen LogP contribution in [0.15, 0.2) is 25.6 Å². The van der Waals surface area contributed by atoms with E-state index in [1.165, 1.54) is 0 Å². The molecule has 0 aliphatic heterocycles. The van der Waals surface area contributed by atoms with Gasteiger partial charge in [0.15, 0.2) is 0 Å². The lowest BCUT2D eigenvalue weighted by Crippen LogP contribution is -1.99. The maximum Gasteiger partial charge on any atom is 0.147 e. The van der Waals surface area contributed by atoms with E-state index in [4.69, 9.17) is 4.74 Å². The highest BCUT2D eigenvalue weighted by Gasteiger charge is 2.07. The molecule has 0 aromatic heterocycles. The summed E-state index contributed by atoms with van der Waals surface area (Å²) in [6.45, 7) is 0.712. The van der Waals surface area contributed by atoms with Crippen molar-refractivity contribution in [3.8, 4) is 5.75 Å². The van der Waals surface area contributed by atoms with Gasteiger partial charge in [0.05, 0.1) is 15.6 Å². The lowest BCUT2D eigenvalue weighted by molar-refractivity contribution is 0.315. The predicted molar refractivity (Wildman–Crippen MR) is 73.4 cm³/mol. The third-order valence-corrected chi connectivity index (χ3v) is 3.68. The second kappa shape index (κ2) is 6.51. The quantitative estimate of drug-likeness (QED) is 0.455. The summed E-state index contributed by atoms with van der Waals surface area (Å²) >= 11 is 13.7. The summed E-state index contributed by atoms with van der Waals surface area (Å²) in [7, 11) is 0. The molecule has 0 fully saturated rings. The molecule has 0 aliphatic rings. The van der Waals surface area contributed by atoms with Crippen LogP contribution in [0.25, 0.3) is 0 Å². The van der Waals surface area contributed by atoms with Gasteiger partial charge in [-0.2, -0.15) is 0 Å². The van der Waals surface area contributed by atoms with Crippen molar-refractivity contribution in [1.82, 2.24) is 0 Å². The lowest BCUT2D eigenvalue weighted by Gasteiger charge is -2.09. The highest BCUT2D eigenvalue weighted by molar-refractivity contribution is 9.11. The normalized spacial score (nSPS) is 10.3. The number of hydrogen-bond acceptors (Lipinski definition) is 1. The molecule has 0 heterocycles. The third kappa shape index (κ3) is 3.83. The molecule has 0 spiro atoms. The Morgan fingerprint density at radius 1 is 1.07 bits per heavy atom. The van der Waals surface area contributed by atoms with Gasteiger partial charge in [-0.1, -0.05) is 31.9 Å². The Morgan fingerprint density at radius 3 is 2.14 bits per heavy atom. The smallest absolute Gasteiger partial charge is 0.147 e. The molecule has 78 valence electrons. The van der Waals surface area contributed by atoms with Gasteiger partial charge in [-0.15, -0.1) is 0 Å². The molecule has 1 rings (SSSR count). The first-order valence-corrected chi connectivity index (χ1v) is 7.48. The molecule has 1 aromatic rings. The fraction of sp³-hybridized carbons (Fsp3) is 0.333. The fourth-order valence-electron chi connectivity index (χ4n) is 0.896. The molecule has 1 nitrogen and oxygen atoms in total. The molecule has 0 atom stereocenters. The molecule has 0 saturated carbocycles. The monoisotopic (exact) mass is 448 g/mol. The van der Waals surface area contributed by atoms with Crippen molar-refractivity contribution >= 4 is 63.7 Å². The van der Waals surface area contributed by atoms with Crippen LogP contribution in [0.2, 0.25) is 0 Å². The molecule has 0 unspecified atom stereocenters. The van der Waals surface area contributed by atoms with Gasteiger partial charge in [-0.25, -0.2) is 0 Å². The Balaban J connectivity index is 2.75. The van der Waals surface area contributed by atoms with Crippen molar-refractivity contribution < 1.29 is 4.74 Å². The fourth-order valence-corrected chi connectivity index (χ4v) is 3.61. The Kier molecular flexibility index (Phi) is 6.05. The SMILES string of the molecule is BrCCCOc1c(Br)cc(Br)cc1Br. The van der Waals surface area contributed by atoms with Crippen LogP contribution < -0.4 is 4.74 Å². The van der Waals surface area contributed by atoms with Gasteiger partial charge in [0.2, 0.25) is 0 Å². The first-order valence-electron chi connectivity index (χ1n) is 3.98. The molecule has 0 N–H and O–H groups in total. The summed E-state index contributed by atoms with van der Waals surface area (Å²) < 4.78 is 8.54. The van der Waals surface area contributed by atoms with Gasteiger partial charge in [0, 0.05) is 9.80 Å². The van der Waals surface area contributed by atoms with Crippen LogP contribution >= 0.6 is 63.7 Å². The molecule has 0 amide bonds. The Morgan fingerprint density at radius 2 is 1.64 bits per heavy atom. The molecular formula is C9H8Br4O. The van der Waals surface area contributed by atoms with Crippen molar-refractivity contribution in [3.05, 3.63) is 25.6 Å². The molecule has 14 heavy (non-hydrogen) atoms. The van der Waals surface area contributed by atoms with Gasteiger partial charge < -0.3 is 4.74 Å². The minimum atomic E-state index is 0.712. The Hall–Kier alpha value is 0.940. The van der Waals surface area contributed by atoms with Crippen LogP contribution in [0.5, 0.6) is 5.75 Å². The highest BCUT2D eigenvalue weighted by atomic mass is 79.9.